The fourth-order valence-electron chi connectivity index (χ4n) is 1.63. The molecule has 0 radical (unpaired) electrons. The van der Waals surface area contributed by atoms with Crippen molar-refractivity contribution < 1.29 is 9.63 Å². The molecule has 0 aliphatic heterocycles. The molecule has 0 unspecified atom stereocenters. The molecular formula is C12H11Cl2N5O2. The van der Waals surface area contributed by atoms with Crippen LogP contribution in [0, 0.1) is 13.8 Å². The van der Waals surface area contributed by atoms with Gasteiger partial charge in [-0.1, -0.05) is 28.4 Å². The van der Waals surface area contributed by atoms with Gasteiger partial charge in [-0.3, -0.25) is 4.84 Å². The second-order valence-electron chi connectivity index (χ2n) is 4.11. The summed E-state index contributed by atoms with van der Waals surface area (Å²) < 4.78 is 1.10. The lowest BCUT2D eigenvalue weighted by Gasteiger charge is -2.10. The minimum atomic E-state index is -0.754. The quantitative estimate of drug-likeness (QED) is 0.300. The monoisotopic (exact) mass is 327 g/mol. The van der Waals surface area contributed by atoms with Gasteiger partial charge in [-0.2, -0.15) is 0 Å². The average Bonchev–Trinajstić information content (AvgIpc) is 2.96. The molecular weight excluding hydrogens is 317 g/mol. The fourth-order valence-corrected chi connectivity index (χ4v) is 2.14. The Hall–Kier alpha value is -2.12. The molecule has 0 saturated carbocycles. The van der Waals surface area contributed by atoms with E-state index in [1.54, 1.807) is 13.8 Å². The minimum Gasteiger partial charge on any atom is -0.380 e. The van der Waals surface area contributed by atoms with Crippen molar-refractivity contribution in [3.8, 4) is 0 Å². The number of nitrogens with two attached hydrogens (primary N) is 1. The van der Waals surface area contributed by atoms with Crippen molar-refractivity contribution >= 4 is 35.1 Å². The lowest BCUT2D eigenvalue weighted by atomic mass is 10.1. The highest BCUT2D eigenvalue weighted by Crippen LogP contribution is 2.26. The third-order valence-electron chi connectivity index (χ3n) is 2.69. The van der Waals surface area contributed by atoms with Crippen LogP contribution in [0.3, 0.4) is 0 Å². The zero-order valence-electron chi connectivity index (χ0n) is 11.2. The Labute approximate surface area is 130 Å². The topological polar surface area (TPSA) is 95.4 Å². The number of nitrogens with zero attached hydrogens (tertiary/aromatic N) is 4. The minimum absolute atomic E-state index is 0.0969. The van der Waals surface area contributed by atoms with Crippen LogP contribution in [0.5, 0.6) is 0 Å². The van der Waals surface area contributed by atoms with Gasteiger partial charge in [-0.15, -0.1) is 0 Å². The van der Waals surface area contributed by atoms with Crippen molar-refractivity contribution in [2.45, 2.75) is 13.8 Å². The van der Waals surface area contributed by atoms with E-state index < -0.39 is 6.09 Å². The number of pyridine rings is 1. The molecule has 2 aromatic heterocycles. The predicted molar refractivity (Wildman–Crippen MR) is 78.6 cm³/mol. The fraction of sp³-hybridized carbons (Fsp3) is 0.167. The summed E-state index contributed by atoms with van der Waals surface area (Å²) in [5, 5.41) is 4.11. The van der Waals surface area contributed by atoms with Crippen molar-refractivity contribution in [3.63, 3.8) is 0 Å². The van der Waals surface area contributed by atoms with E-state index in [1.165, 1.54) is 18.7 Å². The molecule has 2 aromatic rings. The number of aryl methyl sites for hydroxylation is 1. The third kappa shape index (κ3) is 3.14. The summed E-state index contributed by atoms with van der Waals surface area (Å²) >= 11 is 12.1. The molecule has 0 amide bonds. The van der Waals surface area contributed by atoms with Gasteiger partial charge in [0, 0.05) is 12.4 Å². The van der Waals surface area contributed by atoms with E-state index in [0.717, 1.165) is 4.57 Å². The van der Waals surface area contributed by atoms with Crippen LogP contribution in [-0.2, 0) is 4.84 Å². The summed E-state index contributed by atoms with van der Waals surface area (Å²) in [7, 11) is 0. The third-order valence-corrected chi connectivity index (χ3v) is 3.52. The van der Waals surface area contributed by atoms with Gasteiger partial charge in [0.05, 0.1) is 16.3 Å². The van der Waals surface area contributed by atoms with Crippen molar-refractivity contribution in [1.82, 2.24) is 14.5 Å². The maximum absolute atomic E-state index is 11.6. The van der Waals surface area contributed by atoms with Gasteiger partial charge in [0.1, 0.15) is 11.5 Å². The van der Waals surface area contributed by atoms with E-state index >= 15 is 0 Å². The molecule has 0 atom stereocenters. The Morgan fingerprint density at radius 2 is 2.14 bits per heavy atom. The second kappa shape index (κ2) is 6.11. The van der Waals surface area contributed by atoms with Crippen molar-refractivity contribution in [2.75, 3.05) is 0 Å². The van der Waals surface area contributed by atoms with E-state index in [0.29, 0.717) is 21.8 Å². The van der Waals surface area contributed by atoms with Crippen LogP contribution < -0.4 is 5.73 Å². The smallest absolute Gasteiger partial charge is 0.380 e. The molecule has 21 heavy (non-hydrogen) atoms. The SMILES string of the molecule is Cc1nc(Cl)c(/C(N)=N/OC(=O)n2ccnc2)c(C)c1Cl. The van der Waals surface area contributed by atoms with Gasteiger partial charge in [-0.25, -0.2) is 19.3 Å². The Morgan fingerprint density at radius 3 is 2.76 bits per heavy atom. The number of oxime groups is 1. The Bertz CT molecular complexity index is 713. The summed E-state index contributed by atoms with van der Waals surface area (Å²) in [6, 6.07) is 0. The number of rotatable bonds is 2. The molecule has 2 heterocycles. The molecule has 7 nitrogen and oxygen atoms in total. The number of amidine groups is 1. The van der Waals surface area contributed by atoms with E-state index in [2.05, 4.69) is 15.1 Å². The van der Waals surface area contributed by atoms with Crippen molar-refractivity contribution in [1.29, 1.82) is 0 Å². The van der Waals surface area contributed by atoms with E-state index in [4.69, 9.17) is 33.8 Å². The molecule has 0 aromatic carbocycles. The van der Waals surface area contributed by atoms with Crippen LogP contribution in [0.1, 0.15) is 16.8 Å². The first-order valence-corrected chi connectivity index (χ1v) is 6.52. The Kier molecular flexibility index (Phi) is 4.44. The van der Waals surface area contributed by atoms with Crippen LogP contribution in [0.4, 0.5) is 4.79 Å². The molecule has 0 saturated heterocycles. The van der Waals surface area contributed by atoms with Crippen LogP contribution in [0.2, 0.25) is 10.2 Å². The number of hydrogen-bond acceptors (Lipinski definition) is 5. The van der Waals surface area contributed by atoms with Gasteiger partial charge in [-0.05, 0) is 19.4 Å². The highest BCUT2D eigenvalue weighted by atomic mass is 35.5. The number of carbonyl (C=O) groups is 1. The summed E-state index contributed by atoms with van der Waals surface area (Å²) in [5.41, 5.74) is 7.29. The van der Waals surface area contributed by atoms with Crippen LogP contribution in [0.25, 0.3) is 0 Å². The molecule has 2 N–H and O–H groups in total. The van der Waals surface area contributed by atoms with Crippen molar-refractivity contribution in [3.05, 3.63) is 45.7 Å². The lowest BCUT2D eigenvalue weighted by Crippen LogP contribution is -2.19. The maximum Gasteiger partial charge on any atom is 0.445 e. The van der Waals surface area contributed by atoms with Gasteiger partial charge in [0.25, 0.3) is 0 Å². The molecule has 0 spiro atoms. The van der Waals surface area contributed by atoms with Gasteiger partial charge < -0.3 is 5.73 Å². The normalized spacial score (nSPS) is 11.5. The summed E-state index contributed by atoms with van der Waals surface area (Å²) in [4.78, 5) is 24.1. The zero-order chi connectivity index (χ0) is 15.6. The summed E-state index contributed by atoms with van der Waals surface area (Å²) in [5.74, 6) is -0.0969. The van der Waals surface area contributed by atoms with Gasteiger partial charge in [0.15, 0.2) is 5.84 Å². The van der Waals surface area contributed by atoms with Crippen LogP contribution in [-0.4, -0.2) is 26.5 Å². The van der Waals surface area contributed by atoms with E-state index in [-0.39, 0.29) is 11.0 Å². The lowest BCUT2D eigenvalue weighted by molar-refractivity contribution is 0.152. The average molecular weight is 328 g/mol. The zero-order valence-corrected chi connectivity index (χ0v) is 12.7. The summed E-state index contributed by atoms with van der Waals surface area (Å²) in [6.07, 6.45) is 3.36. The number of hydrogen-bond donors (Lipinski definition) is 1. The van der Waals surface area contributed by atoms with Crippen LogP contribution in [0.15, 0.2) is 23.9 Å². The van der Waals surface area contributed by atoms with Gasteiger partial charge in [0.2, 0.25) is 0 Å². The molecule has 0 aliphatic carbocycles. The van der Waals surface area contributed by atoms with E-state index in [1.807, 2.05) is 0 Å². The number of carbonyl (C=O) groups excluding carboxylic acids is 1. The molecule has 110 valence electrons. The van der Waals surface area contributed by atoms with E-state index in [9.17, 15) is 4.79 Å². The number of aromatic nitrogens is 3. The van der Waals surface area contributed by atoms with Crippen LogP contribution >= 0.6 is 23.2 Å². The van der Waals surface area contributed by atoms with Crippen molar-refractivity contribution in [2.24, 2.45) is 10.9 Å². The highest BCUT2D eigenvalue weighted by Gasteiger charge is 2.16. The maximum atomic E-state index is 11.6. The molecule has 0 aliphatic rings. The standard InChI is InChI=1S/C12H11Cl2N5O2/c1-6-8(10(14)17-7(2)9(6)13)11(15)18-21-12(20)19-4-3-16-5-19/h3-5H,1-2H3,(H2,15,18). The molecule has 2 rings (SSSR count). The highest BCUT2D eigenvalue weighted by molar-refractivity contribution is 6.36. The van der Waals surface area contributed by atoms with Gasteiger partial charge >= 0.3 is 6.09 Å². The number of imidazole rings is 1. The largest absolute Gasteiger partial charge is 0.445 e. The Balaban J connectivity index is 2.28. The predicted octanol–water partition coefficient (Wildman–Crippen LogP) is 2.51. The first-order chi connectivity index (χ1) is 9.91. The molecule has 0 bridgehead atoms. The second-order valence-corrected chi connectivity index (χ2v) is 4.84. The molecule has 0 fully saturated rings. The summed E-state index contributed by atoms with van der Waals surface area (Å²) in [6.45, 7) is 3.44. The first-order valence-electron chi connectivity index (χ1n) is 5.77. The Morgan fingerprint density at radius 1 is 1.43 bits per heavy atom. The first kappa shape index (κ1) is 15.3. The molecule has 9 heteroatoms. The number of halogens is 2.